The monoisotopic (exact) mass is 321 g/mol. The zero-order chi connectivity index (χ0) is 16.2. The quantitative estimate of drug-likeness (QED) is 0.687. The molecule has 0 atom stereocenters. The van der Waals surface area contributed by atoms with Crippen LogP contribution in [0.1, 0.15) is 11.1 Å². The van der Waals surface area contributed by atoms with E-state index in [9.17, 15) is 0 Å². The van der Waals surface area contributed by atoms with Gasteiger partial charge in [-0.1, -0.05) is 59.7 Å². The van der Waals surface area contributed by atoms with Crippen molar-refractivity contribution in [2.75, 3.05) is 7.11 Å². The van der Waals surface area contributed by atoms with Gasteiger partial charge in [0.1, 0.15) is 11.2 Å². The Bertz CT molecular complexity index is 736. The van der Waals surface area contributed by atoms with E-state index in [-0.39, 0.29) is 0 Å². The first-order chi connectivity index (χ1) is 11.2. The lowest BCUT2D eigenvalue weighted by molar-refractivity contribution is 0.417. The maximum Gasteiger partial charge on any atom is 0.145 e. The molecule has 0 aliphatic heterocycles. The Morgan fingerprint density at radius 1 is 0.783 bits per heavy atom. The number of nitrogens with zero attached hydrogens (tertiary/aromatic N) is 1. The molecule has 0 N–H and O–H groups in total. The standard InChI is InChI=1S/C20H20NOP/c1-15-6-10-17(11-7-15)23(18-12-8-16(2)9-13-18)20-19(22-3)5-4-14-21-20/h4-14H,1-3H3. The molecule has 0 bridgehead atoms. The van der Waals surface area contributed by atoms with Crippen molar-refractivity contribution in [3.8, 4) is 5.75 Å². The van der Waals surface area contributed by atoms with Crippen LogP contribution in [0, 0.1) is 13.8 Å². The molecule has 2 aromatic carbocycles. The van der Waals surface area contributed by atoms with E-state index in [2.05, 4.69) is 67.4 Å². The first kappa shape index (κ1) is 15.7. The van der Waals surface area contributed by atoms with Crippen molar-refractivity contribution in [3.05, 3.63) is 78.0 Å². The van der Waals surface area contributed by atoms with Crippen molar-refractivity contribution in [1.29, 1.82) is 0 Å². The summed E-state index contributed by atoms with van der Waals surface area (Å²) in [7, 11) is 0.973. The molecule has 3 rings (SSSR count). The van der Waals surface area contributed by atoms with Gasteiger partial charge >= 0.3 is 0 Å². The number of hydrogen-bond donors (Lipinski definition) is 0. The van der Waals surface area contributed by atoms with E-state index < -0.39 is 7.92 Å². The highest BCUT2D eigenvalue weighted by Gasteiger charge is 2.21. The molecule has 0 amide bonds. The smallest absolute Gasteiger partial charge is 0.145 e. The van der Waals surface area contributed by atoms with Crippen LogP contribution >= 0.6 is 7.92 Å². The number of pyridine rings is 1. The molecule has 0 saturated carbocycles. The molecule has 23 heavy (non-hydrogen) atoms. The van der Waals surface area contributed by atoms with E-state index in [1.807, 2.05) is 18.3 Å². The molecular weight excluding hydrogens is 301 g/mol. The summed E-state index contributed by atoms with van der Waals surface area (Å²) in [5.74, 6) is 0.847. The minimum Gasteiger partial charge on any atom is -0.494 e. The van der Waals surface area contributed by atoms with Gasteiger partial charge in [0.2, 0.25) is 0 Å². The number of aryl methyl sites for hydroxylation is 2. The fourth-order valence-corrected chi connectivity index (χ4v) is 4.74. The van der Waals surface area contributed by atoms with E-state index in [0.29, 0.717) is 0 Å². The molecule has 0 aliphatic rings. The van der Waals surface area contributed by atoms with Crippen LogP contribution in [-0.2, 0) is 0 Å². The molecule has 1 heterocycles. The number of hydrogen-bond acceptors (Lipinski definition) is 2. The Balaban J connectivity index is 2.17. The first-order valence-electron chi connectivity index (χ1n) is 7.61. The highest BCUT2D eigenvalue weighted by Crippen LogP contribution is 2.35. The number of benzene rings is 2. The Hall–Kier alpha value is -2.18. The van der Waals surface area contributed by atoms with Gasteiger partial charge in [-0.3, -0.25) is 4.98 Å². The molecule has 2 nitrogen and oxygen atoms in total. The summed E-state index contributed by atoms with van der Waals surface area (Å²) in [6.45, 7) is 4.22. The van der Waals surface area contributed by atoms with Crippen LogP contribution < -0.4 is 20.8 Å². The molecule has 3 aromatic rings. The normalized spacial score (nSPS) is 10.8. The van der Waals surface area contributed by atoms with Gasteiger partial charge in [-0.25, -0.2) is 0 Å². The van der Waals surface area contributed by atoms with E-state index in [1.165, 1.54) is 21.7 Å². The van der Waals surface area contributed by atoms with Crippen molar-refractivity contribution in [3.63, 3.8) is 0 Å². The van der Waals surface area contributed by atoms with E-state index >= 15 is 0 Å². The summed E-state index contributed by atoms with van der Waals surface area (Å²) in [6.07, 6.45) is 1.84. The maximum atomic E-state index is 5.57. The fourth-order valence-electron chi connectivity index (χ4n) is 2.49. The topological polar surface area (TPSA) is 22.1 Å². The Morgan fingerprint density at radius 2 is 1.30 bits per heavy atom. The maximum absolute atomic E-state index is 5.57. The number of methoxy groups -OCH3 is 1. The third kappa shape index (κ3) is 3.43. The van der Waals surface area contributed by atoms with Crippen molar-refractivity contribution >= 4 is 24.0 Å². The Morgan fingerprint density at radius 3 is 1.78 bits per heavy atom. The van der Waals surface area contributed by atoms with E-state index in [4.69, 9.17) is 4.74 Å². The minimum absolute atomic E-state index is 0.733. The number of aromatic nitrogens is 1. The van der Waals surface area contributed by atoms with Crippen LogP contribution in [0.4, 0.5) is 0 Å². The van der Waals surface area contributed by atoms with E-state index in [1.54, 1.807) is 7.11 Å². The predicted octanol–water partition coefficient (Wildman–Crippen LogP) is 3.47. The second-order valence-corrected chi connectivity index (χ2v) is 7.66. The summed E-state index contributed by atoms with van der Waals surface area (Å²) in [4.78, 5) is 4.65. The molecule has 116 valence electrons. The molecule has 1 aromatic heterocycles. The van der Waals surface area contributed by atoms with Crippen LogP contribution in [0.2, 0.25) is 0 Å². The largest absolute Gasteiger partial charge is 0.494 e. The fraction of sp³-hybridized carbons (Fsp3) is 0.150. The van der Waals surface area contributed by atoms with Crippen LogP contribution in [0.15, 0.2) is 66.9 Å². The predicted molar refractivity (Wildman–Crippen MR) is 99.0 cm³/mol. The lowest BCUT2D eigenvalue weighted by Gasteiger charge is -2.20. The molecule has 0 unspecified atom stereocenters. The van der Waals surface area contributed by atoms with Crippen LogP contribution in [0.25, 0.3) is 0 Å². The number of ether oxygens (including phenoxy) is 1. The van der Waals surface area contributed by atoms with Gasteiger partial charge in [-0.2, -0.15) is 0 Å². The van der Waals surface area contributed by atoms with Crippen molar-refractivity contribution in [1.82, 2.24) is 4.98 Å². The van der Waals surface area contributed by atoms with Crippen LogP contribution in [-0.4, -0.2) is 12.1 Å². The molecule has 0 aliphatic carbocycles. The van der Waals surface area contributed by atoms with Gasteiger partial charge in [0.15, 0.2) is 0 Å². The van der Waals surface area contributed by atoms with E-state index in [0.717, 1.165) is 11.2 Å². The van der Waals surface area contributed by atoms with Gasteiger partial charge in [0.05, 0.1) is 7.11 Å². The molecule has 0 radical (unpaired) electrons. The highest BCUT2D eigenvalue weighted by molar-refractivity contribution is 7.79. The summed E-state index contributed by atoms with van der Waals surface area (Å²) in [5.41, 5.74) is 3.54. The molecule has 0 spiro atoms. The average molecular weight is 321 g/mol. The zero-order valence-corrected chi connectivity index (χ0v) is 14.5. The lowest BCUT2D eigenvalue weighted by atomic mass is 10.2. The summed E-state index contributed by atoms with van der Waals surface area (Å²) in [6, 6.07) is 21.4. The summed E-state index contributed by atoms with van der Waals surface area (Å²) < 4.78 is 5.57. The Kier molecular flexibility index (Phi) is 4.73. The summed E-state index contributed by atoms with van der Waals surface area (Å²) >= 11 is 0. The van der Waals surface area contributed by atoms with Gasteiger partial charge in [0, 0.05) is 14.1 Å². The average Bonchev–Trinajstić information content (AvgIpc) is 2.59. The SMILES string of the molecule is COc1cccnc1P(c1ccc(C)cc1)c1ccc(C)cc1. The number of rotatable bonds is 4. The summed E-state index contributed by atoms with van der Waals surface area (Å²) in [5, 5.41) is 2.57. The highest BCUT2D eigenvalue weighted by atomic mass is 31.1. The molecule has 0 fully saturated rings. The van der Waals surface area contributed by atoms with Crippen molar-refractivity contribution < 1.29 is 4.74 Å². The first-order valence-corrected chi connectivity index (χ1v) is 8.95. The molecule has 0 saturated heterocycles. The van der Waals surface area contributed by atoms with Crippen molar-refractivity contribution in [2.24, 2.45) is 0 Å². The third-order valence-electron chi connectivity index (χ3n) is 3.77. The molecular formula is C20H20NOP. The second-order valence-electron chi connectivity index (χ2n) is 5.54. The third-order valence-corrected chi connectivity index (χ3v) is 6.16. The van der Waals surface area contributed by atoms with Crippen LogP contribution in [0.3, 0.4) is 0 Å². The minimum atomic E-state index is -0.733. The molecule has 3 heteroatoms. The zero-order valence-electron chi connectivity index (χ0n) is 13.7. The Labute approximate surface area is 138 Å². The van der Waals surface area contributed by atoms with Crippen molar-refractivity contribution in [2.45, 2.75) is 13.8 Å². The van der Waals surface area contributed by atoms with Gasteiger partial charge in [0.25, 0.3) is 0 Å². The van der Waals surface area contributed by atoms with Crippen LogP contribution in [0.5, 0.6) is 5.75 Å². The second kappa shape index (κ2) is 6.93. The lowest BCUT2D eigenvalue weighted by Crippen LogP contribution is -2.24. The van der Waals surface area contributed by atoms with Gasteiger partial charge in [-0.05, 0) is 36.6 Å². The van der Waals surface area contributed by atoms with Gasteiger partial charge in [-0.15, -0.1) is 0 Å². The van der Waals surface area contributed by atoms with Gasteiger partial charge < -0.3 is 4.74 Å².